The summed E-state index contributed by atoms with van der Waals surface area (Å²) in [5.74, 6) is -0.440. The third-order valence-corrected chi connectivity index (χ3v) is 3.72. The van der Waals surface area contributed by atoms with Crippen LogP contribution in [0.25, 0.3) is 0 Å². The van der Waals surface area contributed by atoms with Crippen molar-refractivity contribution in [1.82, 2.24) is 4.90 Å². The van der Waals surface area contributed by atoms with Crippen molar-refractivity contribution in [2.75, 3.05) is 13.1 Å². The van der Waals surface area contributed by atoms with E-state index in [0.717, 1.165) is 0 Å². The van der Waals surface area contributed by atoms with Crippen LogP contribution in [0.3, 0.4) is 0 Å². The molecule has 22 heavy (non-hydrogen) atoms. The quantitative estimate of drug-likeness (QED) is 0.812. The monoisotopic (exact) mass is 310 g/mol. The number of nitrogens with two attached hydrogens (primary N) is 1. The van der Waals surface area contributed by atoms with E-state index in [1.54, 1.807) is 18.7 Å². The minimum absolute atomic E-state index is 0.0649. The van der Waals surface area contributed by atoms with Crippen molar-refractivity contribution < 1.29 is 14.3 Å². The SMILES string of the molecule is CC(C)CN(CC(O)c1ccc(F)cc1)C(=O)C(C)C(C)N. The van der Waals surface area contributed by atoms with Gasteiger partial charge < -0.3 is 15.7 Å². The molecule has 1 amide bonds. The van der Waals surface area contributed by atoms with E-state index < -0.39 is 6.10 Å². The van der Waals surface area contributed by atoms with E-state index in [2.05, 4.69) is 0 Å². The minimum atomic E-state index is -0.844. The minimum Gasteiger partial charge on any atom is -0.387 e. The Balaban J connectivity index is 2.84. The van der Waals surface area contributed by atoms with E-state index in [0.29, 0.717) is 12.1 Å². The predicted molar refractivity (Wildman–Crippen MR) is 85.6 cm³/mol. The third-order valence-electron chi connectivity index (χ3n) is 3.72. The van der Waals surface area contributed by atoms with Crippen molar-refractivity contribution in [3.63, 3.8) is 0 Å². The molecule has 124 valence electrons. The van der Waals surface area contributed by atoms with Crippen molar-refractivity contribution >= 4 is 5.91 Å². The van der Waals surface area contributed by atoms with E-state index >= 15 is 0 Å². The molecule has 0 aliphatic heterocycles. The molecule has 0 saturated carbocycles. The number of halogens is 1. The predicted octanol–water partition coefficient (Wildman–Crippen LogP) is 2.33. The van der Waals surface area contributed by atoms with Crippen LogP contribution in [0.2, 0.25) is 0 Å². The number of benzene rings is 1. The second kappa shape index (κ2) is 8.25. The summed E-state index contributed by atoms with van der Waals surface area (Å²) in [5.41, 5.74) is 6.41. The lowest BCUT2D eigenvalue weighted by Crippen LogP contribution is -2.44. The first-order valence-electron chi connectivity index (χ1n) is 7.70. The Hall–Kier alpha value is -1.46. The lowest BCUT2D eigenvalue weighted by atomic mass is 10.0. The lowest BCUT2D eigenvalue weighted by molar-refractivity contribution is -0.137. The highest BCUT2D eigenvalue weighted by Gasteiger charge is 2.26. The zero-order chi connectivity index (χ0) is 16.9. The Morgan fingerprint density at radius 3 is 2.18 bits per heavy atom. The van der Waals surface area contributed by atoms with Crippen LogP contribution in [-0.4, -0.2) is 35.0 Å². The maximum Gasteiger partial charge on any atom is 0.227 e. The molecule has 0 aliphatic carbocycles. The molecule has 3 atom stereocenters. The third kappa shape index (κ3) is 5.39. The van der Waals surface area contributed by atoms with E-state index in [1.165, 1.54) is 24.3 Å². The molecule has 0 aromatic heterocycles. The number of hydrogen-bond donors (Lipinski definition) is 2. The number of carbonyl (C=O) groups excluding carboxylic acids is 1. The summed E-state index contributed by atoms with van der Waals surface area (Å²) in [6.45, 7) is 8.35. The summed E-state index contributed by atoms with van der Waals surface area (Å²) in [6.07, 6.45) is -0.844. The molecule has 0 aliphatic rings. The Labute approximate surface area is 132 Å². The van der Waals surface area contributed by atoms with E-state index in [1.807, 2.05) is 13.8 Å². The summed E-state index contributed by atoms with van der Waals surface area (Å²) in [7, 11) is 0. The van der Waals surface area contributed by atoms with Crippen LogP contribution < -0.4 is 5.73 Å². The molecule has 1 aromatic rings. The van der Waals surface area contributed by atoms with Gasteiger partial charge in [0.25, 0.3) is 0 Å². The van der Waals surface area contributed by atoms with Crippen LogP contribution in [0.1, 0.15) is 39.4 Å². The van der Waals surface area contributed by atoms with Crippen LogP contribution in [-0.2, 0) is 4.79 Å². The Morgan fingerprint density at radius 1 is 1.18 bits per heavy atom. The highest BCUT2D eigenvalue weighted by atomic mass is 19.1. The van der Waals surface area contributed by atoms with Gasteiger partial charge in [0.2, 0.25) is 5.91 Å². The zero-order valence-electron chi connectivity index (χ0n) is 13.8. The maximum atomic E-state index is 12.9. The van der Waals surface area contributed by atoms with Crippen molar-refractivity contribution in [3.05, 3.63) is 35.6 Å². The Bertz CT molecular complexity index is 474. The molecule has 4 nitrogen and oxygen atoms in total. The van der Waals surface area contributed by atoms with Gasteiger partial charge in [0.1, 0.15) is 5.82 Å². The Kier molecular flexibility index (Phi) is 6.97. The van der Waals surface area contributed by atoms with Crippen molar-refractivity contribution in [3.8, 4) is 0 Å². The first kappa shape index (κ1) is 18.6. The molecule has 3 unspecified atom stereocenters. The summed E-state index contributed by atoms with van der Waals surface area (Å²) >= 11 is 0. The number of aliphatic hydroxyl groups excluding tert-OH is 1. The smallest absolute Gasteiger partial charge is 0.227 e. The van der Waals surface area contributed by atoms with E-state index in [9.17, 15) is 14.3 Å². The van der Waals surface area contributed by atoms with Gasteiger partial charge in [-0.2, -0.15) is 0 Å². The molecule has 0 saturated heterocycles. The zero-order valence-corrected chi connectivity index (χ0v) is 13.8. The molecule has 5 heteroatoms. The van der Waals surface area contributed by atoms with Gasteiger partial charge >= 0.3 is 0 Å². The van der Waals surface area contributed by atoms with Crippen LogP contribution in [0.15, 0.2) is 24.3 Å². The van der Waals surface area contributed by atoms with Crippen LogP contribution >= 0.6 is 0 Å². The van der Waals surface area contributed by atoms with Crippen LogP contribution in [0.5, 0.6) is 0 Å². The molecule has 0 heterocycles. The first-order chi connectivity index (χ1) is 10.2. The molecule has 0 spiro atoms. The number of amides is 1. The van der Waals surface area contributed by atoms with Gasteiger partial charge in [0, 0.05) is 12.6 Å². The second-order valence-corrected chi connectivity index (χ2v) is 6.35. The molecule has 1 rings (SSSR count). The topological polar surface area (TPSA) is 66.6 Å². The largest absolute Gasteiger partial charge is 0.387 e. The first-order valence-corrected chi connectivity index (χ1v) is 7.70. The number of hydrogen-bond acceptors (Lipinski definition) is 3. The highest BCUT2D eigenvalue weighted by Crippen LogP contribution is 2.18. The normalized spacial score (nSPS) is 15.5. The molecule has 1 aromatic carbocycles. The summed E-state index contributed by atoms with van der Waals surface area (Å²) in [4.78, 5) is 14.2. The van der Waals surface area contributed by atoms with Crippen molar-refractivity contribution in [2.24, 2.45) is 17.6 Å². The molecule has 0 radical (unpaired) electrons. The fraction of sp³-hybridized carbons (Fsp3) is 0.588. The van der Waals surface area contributed by atoms with Gasteiger partial charge in [-0.25, -0.2) is 4.39 Å². The fourth-order valence-corrected chi connectivity index (χ4v) is 2.21. The second-order valence-electron chi connectivity index (χ2n) is 6.35. The lowest BCUT2D eigenvalue weighted by Gasteiger charge is -2.30. The molecule has 3 N–H and O–H groups in total. The summed E-state index contributed by atoms with van der Waals surface area (Å²) in [5, 5.41) is 10.3. The van der Waals surface area contributed by atoms with Crippen molar-refractivity contribution in [2.45, 2.75) is 39.8 Å². The van der Waals surface area contributed by atoms with Gasteiger partial charge in [-0.1, -0.05) is 32.9 Å². The van der Waals surface area contributed by atoms with Gasteiger partial charge in [-0.3, -0.25) is 4.79 Å². The average Bonchev–Trinajstić information content (AvgIpc) is 2.45. The molecule has 0 bridgehead atoms. The van der Waals surface area contributed by atoms with E-state index in [-0.39, 0.29) is 36.1 Å². The number of aliphatic hydroxyl groups is 1. The fourth-order valence-electron chi connectivity index (χ4n) is 2.21. The van der Waals surface area contributed by atoms with Gasteiger partial charge in [0.05, 0.1) is 18.6 Å². The van der Waals surface area contributed by atoms with Crippen LogP contribution in [0, 0.1) is 17.7 Å². The standard InChI is InChI=1S/C17H27FN2O2/c1-11(2)9-20(17(22)12(3)13(4)19)10-16(21)14-5-7-15(18)8-6-14/h5-8,11-13,16,21H,9-10,19H2,1-4H3. The van der Waals surface area contributed by atoms with Gasteiger partial charge in [0.15, 0.2) is 0 Å². The number of carbonyl (C=O) groups is 1. The molecule has 0 fully saturated rings. The van der Waals surface area contributed by atoms with Gasteiger partial charge in [-0.05, 0) is 30.5 Å². The number of rotatable bonds is 7. The van der Waals surface area contributed by atoms with Crippen molar-refractivity contribution in [1.29, 1.82) is 0 Å². The maximum absolute atomic E-state index is 12.9. The molecular formula is C17H27FN2O2. The summed E-state index contributed by atoms with van der Waals surface area (Å²) < 4.78 is 12.9. The van der Waals surface area contributed by atoms with Gasteiger partial charge in [-0.15, -0.1) is 0 Å². The molecular weight excluding hydrogens is 283 g/mol. The van der Waals surface area contributed by atoms with Crippen LogP contribution in [0.4, 0.5) is 4.39 Å². The summed E-state index contributed by atoms with van der Waals surface area (Å²) in [6, 6.07) is 5.43. The average molecular weight is 310 g/mol. The Morgan fingerprint density at radius 2 is 1.73 bits per heavy atom. The van der Waals surface area contributed by atoms with E-state index in [4.69, 9.17) is 5.73 Å². The number of nitrogens with zero attached hydrogens (tertiary/aromatic N) is 1. The highest BCUT2D eigenvalue weighted by molar-refractivity contribution is 5.79.